The van der Waals surface area contributed by atoms with E-state index in [2.05, 4.69) is 27.7 Å². The molecule has 2 atom stereocenters. The van der Waals surface area contributed by atoms with Crippen molar-refractivity contribution < 1.29 is 19.3 Å². The van der Waals surface area contributed by atoms with Gasteiger partial charge in [-0.05, 0) is 121 Å². The molecule has 34 heavy (non-hydrogen) atoms. The molecule has 0 saturated heterocycles. The van der Waals surface area contributed by atoms with Crippen molar-refractivity contribution in [2.45, 2.75) is 142 Å². The Morgan fingerprint density at radius 3 is 1.85 bits per heavy atom. The Hall–Kier alpha value is -0.610. The average Bonchev–Trinajstić information content (AvgIpc) is 2.79. The highest BCUT2D eigenvalue weighted by molar-refractivity contribution is 5.78. The fourth-order valence-corrected chi connectivity index (χ4v) is 9.26. The Morgan fingerprint density at radius 2 is 1.29 bits per heavy atom. The summed E-state index contributed by atoms with van der Waals surface area (Å²) in [4.78, 5) is 26.1. The lowest BCUT2D eigenvalue weighted by Gasteiger charge is -2.61. The van der Waals surface area contributed by atoms with Crippen LogP contribution in [0, 0.1) is 34.5 Å². The van der Waals surface area contributed by atoms with Gasteiger partial charge in [-0.25, -0.2) is 9.78 Å². The predicted octanol–water partition coefficient (Wildman–Crippen LogP) is 7.78. The maximum Gasteiger partial charge on any atom is 0.312 e. The van der Waals surface area contributed by atoms with Crippen molar-refractivity contribution in [1.29, 1.82) is 0 Å². The van der Waals surface area contributed by atoms with Crippen molar-refractivity contribution in [2.75, 3.05) is 6.61 Å². The van der Waals surface area contributed by atoms with Crippen LogP contribution in [0.15, 0.2) is 0 Å². The number of ether oxygens (including phenoxy) is 1. The lowest BCUT2D eigenvalue weighted by Crippen LogP contribution is -2.58. The predicted molar refractivity (Wildman–Crippen MR) is 134 cm³/mol. The summed E-state index contributed by atoms with van der Waals surface area (Å²) in [7, 11) is 0. The third-order valence-corrected chi connectivity index (χ3v) is 10.8. The Kier molecular flexibility index (Phi) is 6.90. The summed E-state index contributed by atoms with van der Waals surface area (Å²) < 4.78 is 6.43. The first-order valence-corrected chi connectivity index (χ1v) is 14.7. The van der Waals surface area contributed by atoms with Gasteiger partial charge in [0.1, 0.15) is 11.2 Å². The molecule has 0 amide bonds. The van der Waals surface area contributed by atoms with Gasteiger partial charge < -0.3 is 4.74 Å². The lowest BCUT2D eigenvalue weighted by atomic mass is 9.44. The Labute approximate surface area is 208 Å². The van der Waals surface area contributed by atoms with E-state index in [4.69, 9.17) is 14.5 Å². The topological polar surface area (TPSA) is 44.8 Å². The maximum atomic E-state index is 13.8. The minimum atomic E-state index is -0.350. The molecular formula is C30H50O4. The van der Waals surface area contributed by atoms with Crippen LogP contribution < -0.4 is 0 Å². The standard InChI is InChI=1S/C30H50O4/c1-27(2,24-11-7-5-8-12-24)33-26(31)30-18-22-15-23(19-30)17-29(16-22,20-30)21-32-34-28(3,4)25-13-9-6-10-14-25/h22-25H,5-21H2,1-4H3. The van der Waals surface area contributed by atoms with Crippen molar-refractivity contribution in [3.8, 4) is 0 Å². The fourth-order valence-electron chi connectivity index (χ4n) is 9.26. The normalized spacial score (nSPS) is 37.2. The van der Waals surface area contributed by atoms with Crippen LogP contribution >= 0.6 is 0 Å². The molecule has 4 bridgehead atoms. The van der Waals surface area contributed by atoms with E-state index in [1.54, 1.807) is 0 Å². The largest absolute Gasteiger partial charge is 0.459 e. The molecule has 0 aromatic heterocycles. The van der Waals surface area contributed by atoms with E-state index in [1.165, 1.54) is 83.5 Å². The van der Waals surface area contributed by atoms with Crippen LogP contribution in [0.3, 0.4) is 0 Å². The van der Waals surface area contributed by atoms with Crippen LogP contribution in [0.2, 0.25) is 0 Å². The van der Waals surface area contributed by atoms with E-state index >= 15 is 0 Å². The molecule has 6 fully saturated rings. The van der Waals surface area contributed by atoms with Gasteiger partial charge in [0.2, 0.25) is 0 Å². The van der Waals surface area contributed by atoms with E-state index in [0.717, 1.165) is 19.3 Å². The Morgan fingerprint density at radius 1 is 0.765 bits per heavy atom. The lowest BCUT2D eigenvalue weighted by molar-refractivity contribution is -0.382. The van der Waals surface area contributed by atoms with Gasteiger partial charge in [-0.15, -0.1) is 0 Å². The second-order valence-electron chi connectivity index (χ2n) is 14.4. The van der Waals surface area contributed by atoms with Crippen molar-refractivity contribution in [2.24, 2.45) is 34.5 Å². The molecule has 2 unspecified atom stereocenters. The van der Waals surface area contributed by atoms with E-state index in [-0.39, 0.29) is 28.0 Å². The first kappa shape index (κ1) is 25.1. The van der Waals surface area contributed by atoms with Crippen LogP contribution in [0.25, 0.3) is 0 Å². The zero-order valence-electron chi connectivity index (χ0n) is 22.5. The summed E-state index contributed by atoms with van der Waals surface area (Å²) in [5, 5.41) is 0. The van der Waals surface area contributed by atoms with Gasteiger partial charge in [-0.3, -0.25) is 4.79 Å². The zero-order chi connectivity index (χ0) is 24.0. The molecule has 0 aromatic carbocycles. The molecule has 0 aromatic rings. The zero-order valence-corrected chi connectivity index (χ0v) is 22.5. The minimum Gasteiger partial charge on any atom is -0.459 e. The van der Waals surface area contributed by atoms with E-state index in [1.807, 2.05) is 0 Å². The Balaban J connectivity index is 1.23. The van der Waals surface area contributed by atoms with Crippen LogP contribution in [0.4, 0.5) is 0 Å². The number of esters is 1. The minimum absolute atomic E-state index is 0.0841. The third kappa shape index (κ3) is 4.97. The third-order valence-electron chi connectivity index (χ3n) is 10.8. The first-order chi connectivity index (χ1) is 16.1. The Bertz CT molecular complexity index is 714. The van der Waals surface area contributed by atoms with Gasteiger partial charge in [0.15, 0.2) is 0 Å². The molecule has 6 aliphatic carbocycles. The molecule has 0 N–H and O–H groups in total. The molecule has 6 rings (SSSR count). The molecule has 6 saturated carbocycles. The highest BCUT2D eigenvalue weighted by Gasteiger charge is 2.62. The molecule has 4 heteroatoms. The van der Waals surface area contributed by atoms with Gasteiger partial charge in [0.25, 0.3) is 0 Å². The smallest absolute Gasteiger partial charge is 0.312 e. The molecule has 0 aliphatic heterocycles. The first-order valence-electron chi connectivity index (χ1n) is 14.7. The van der Waals surface area contributed by atoms with Crippen LogP contribution in [-0.4, -0.2) is 23.8 Å². The second-order valence-corrected chi connectivity index (χ2v) is 14.4. The van der Waals surface area contributed by atoms with Gasteiger partial charge in [-0.1, -0.05) is 38.5 Å². The van der Waals surface area contributed by atoms with Gasteiger partial charge >= 0.3 is 5.97 Å². The summed E-state index contributed by atoms with van der Waals surface area (Å²) >= 11 is 0. The maximum absolute atomic E-state index is 13.8. The van der Waals surface area contributed by atoms with Gasteiger partial charge in [-0.2, -0.15) is 0 Å². The highest BCUT2D eigenvalue weighted by atomic mass is 17.2. The quantitative estimate of drug-likeness (QED) is 0.205. The number of rotatable bonds is 8. The molecule has 0 spiro atoms. The number of carbonyl (C=O) groups excluding carboxylic acids is 1. The van der Waals surface area contributed by atoms with Gasteiger partial charge in [0.05, 0.1) is 12.0 Å². The summed E-state index contributed by atoms with van der Waals surface area (Å²) in [6.07, 6.45) is 19.4. The monoisotopic (exact) mass is 474 g/mol. The molecule has 6 aliphatic rings. The van der Waals surface area contributed by atoms with Crippen LogP contribution in [-0.2, 0) is 19.3 Å². The van der Waals surface area contributed by atoms with Crippen molar-refractivity contribution in [3.05, 3.63) is 0 Å². The average molecular weight is 475 g/mol. The van der Waals surface area contributed by atoms with Crippen LogP contribution in [0.5, 0.6) is 0 Å². The summed E-state index contributed by atoms with van der Waals surface area (Å²) in [5.74, 6) is 2.47. The SMILES string of the molecule is CC(C)(OOCC12CC3CC(C1)CC(C(=O)OC(C)(C)C1CCCCC1)(C3)C2)C1CCCCC1. The van der Waals surface area contributed by atoms with Crippen LogP contribution in [0.1, 0.15) is 130 Å². The molecule has 0 heterocycles. The van der Waals surface area contributed by atoms with E-state index in [0.29, 0.717) is 30.3 Å². The molecule has 194 valence electrons. The fraction of sp³-hybridized carbons (Fsp3) is 0.967. The summed E-state index contributed by atoms with van der Waals surface area (Å²) in [6.45, 7) is 9.38. The second kappa shape index (κ2) is 9.36. The molecule has 4 nitrogen and oxygen atoms in total. The number of hydrogen-bond donors (Lipinski definition) is 0. The van der Waals surface area contributed by atoms with Crippen molar-refractivity contribution >= 4 is 5.97 Å². The summed E-state index contributed by atoms with van der Waals surface area (Å²) in [5.41, 5.74) is -0.792. The van der Waals surface area contributed by atoms with E-state index in [9.17, 15) is 4.79 Å². The van der Waals surface area contributed by atoms with Crippen molar-refractivity contribution in [3.63, 3.8) is 0 Å². The summed E-state index contributed by atoms with van der Waals surface area (Å²) in [6, 6.07) is 0. The van der Waals surface area contributed by atoms with E-state index < -0.39 is 0 Å². The highest BCUT2D eigenvalue weighted by Crippen LogP contribution is 2.66. The number of carbonyl (C=O) groups is 1. The van der Waals surface area contributed by atoms with Gasteiger partial charge in [0, 0.05) is 0 Å². The van der Waals surface area contributed by atoms with Crippen molar-refractivity contribution in [1.82, 2.24) is 0 Å². The molecular weight excluding hydrogens is 424 g/mol. The number of hydrogen-bond acceptors (Lipinski definition) is 4. The molecule has 0 radical (unpaired) electrons.